The van der Waals surface area contributed by atoms with Gasteiger partial charge in [-0.2, -0.15) is 0 Å². The van der Waals surface area contributed by atoms with Crippen LogP contribution in [0.2, 0.25) is 0 Å². The van der Waals surface area contributed by atoms with Gasteiger partial charge in [-0.1, -0.05) is 19.1 Å². The zero-order valence-electron chi connectivity index (χ0n) is 13.0. The first-order valence-electron chi connectivity index (χ1n) is 7.27. The molecule has 0 aliphatic rings. The molecule has 1 heterocycles. The van der Waals surface area contributed by atoms with Crippen LogP contribution in [0.15, 0.2) is 30.3 Å². The lowest BCUT2D eigenvalue weighted by Gasteiger charge is -2.06. The molecule has 0 saturated heterocycles. The van der Waals surface area contributed by atoms with Crippen molar-refractivity contribution in [1.29, 1.82) is 0 Å². The zero-order valence-corrected chi connectivity index (χ0v) is 13.8. The number of amides is 1. The molecule has 2 aromatic rings. The molecule has 1 N–H and O–H groups in total. The normalized spacial score (nSPS) is 10.4. The van der Waals surface area contributed by atoms with E-state index in [1.54, 1.807) is 18.2 Å². The van der Waals surface area contributed by atoms with Crippen LogP contribution in [0, 0.1) is 12.7 Å². The molecular formula is C17H18FNO3S. The summed E-state index contributed by atoms with van der Waals surface area (Å²) in [4.78, 5) is 25.2. The number of ether oxygens (including phenoxy) is 1. The number of esters is 1. The van der Waals surface area contributed by atoms with Gasteiger partial charge in [-0.05, 0) is 42.7 Å². The van der Waals surface area contributed by atoms with Crippen molar-refractivity contribution < 1.29 is 18.7 Å². The molecule has 0 bridgehead atoms. The Kier molecular flexibility index (Phi) is 5.87. The number of carbonyl (C=O) groups excluding carboxylic acids is 2. The zero-order chi connectivity index (χ0) is 16.8. The average Bonchev–Trinajstić information content (AvgIpc) is 2.93. The van der Waals surface area contributed by atoms with Crippen molar-refractivity contribution in [3.63, 3.8) is 0 Å². The van der Waals surface area contributed by atoms with Crippen LogP contribution in [0.25, 0.3) is 0 Å². The van der Waals surface area contributed by atoms with Crippen molar-refractivity contribution >= 4 is 23.2 Å². The van der Waals surface area contributed by atoms with E-state index in [9.17, 15) is 14.0 Å². The molecule has 0 unspecified atom stereocenters. The van der Waals surface area contributed by atoms with Crippen molar-refractivity contribution in [2.24, 2.45) is 0 Å². The lowest BCUT2D eigenvalue weighted by molar-refractivity contribution is -0.124. The number of halogens is 1. The van der Waals surface area contributed by atoms with E-state index in [2.05, 4.69) is 5.32 Å². The van der Waals surface area contributed by atoms with E-state index in [0.717, 1.165) is 22.4 Å². The van der Waals surface area contributed by atoms with Gasteiger partial charge < -0.3 is 10.1 Å². The standard InChI is InChI=1S/C17H18FNO3S/c1-3-13-8-15(23-11(13)2)17(21)22-10-16(20)19-9-12-4-6-14(18)7-5-12/h4-8H,3,9-10H2,1-2H3,(H,19,20). The minimum Gasteiger partial charge on any atom is -0.451 e. The largest absolute Gasteiger partial charge is 0.451 e. The molecule has 122 valence electrons. The molecule has 0 radical (unpaired) electrons. The van der Waals surface area contributed by atoms with Crippen LogP contribution in [-0.4, -0.2) is 18.5 Å². The molecule has 0 atom stereocenters. The molecule has 0 fully saturated rings. The SMILES string of the molecule is CCc1cc(C(=O)OCC(=O)NCc2ccc(F)cc2)sc1C. The number of aryl methyl sites for hydroxylation is 2. The van der Waals surface area contributed by atoms with Gasteiger partial charge in [-0.15, -0.1) is 11.3 Å². The Labute approximate surface area is 138 Å². The Morgan fingerprint density at radius 2 is 1.96 bits per heavy atom. The summed E-state index contributed by atoms with van der Waals surface area (Å²) in [5.74, 6) is -1.21. The second-order valence-electron chi connectivity index (χ2n) is 5.02. The van der Waals surface area contributed by atoms with Crippen molar-refractivity contribution in [2.45, 2.75) is 26.8 Å². The Morgan fingerprint density at radius 3 is 2.57 bits per heavy atom. The summed E-state index contributed by atoms with van der Waals surface area (Å²) < 4.78 is 17.8. The van der Waals surface area contributed by atoms with Crippen LogP contribution in [0.3, 0.4) is 0 Å². The lowest BCUT2D eigenvalue weighted by atomic mass is 10.2. The van der Waals surface area contributed by atoms with Crippen molar-refractivity contribution in [2.75, 3.05) is 6.61 Å². The molecule has 0 spiro atoms. The van der Waals surface area contributed by atoms with Crippen molar-refractivity contribution in [3.8, 4) is 0 Å². The van der Waals surface area contributed by atoms with E-state index in [0.29, 0.717) is 4.88 Å². The van der Waals surface area contributed by atoms with Crippen molar-refractivity contribution in [1.82, 2.24) is 5.32 Å². The number of nitrogens with one attached hydrogen (secondary N) is 1. The minimum absolute atomic E-state index is 0.259. The molecule has 4 nitrogen and oxygen atoms in total. The predicted molar refractivity (Wildman–Crippen MR) is 87.0 cm³/mol. The summed E-state index contributed by atoms with van der Waals surface area (Å²) in [5.41, 5.74) is 1.88. The van der Waals surface area contributed by atoms with Crippen molar-refractivity contribution in [3.05, 3.63) is 57.0 Å². The van der Waals surface area contributed by atoms with Gasteiger partial charge in [0.05, 0.1) is 0 Å². The number of thiophene rings is 1. The molecule has 0 aliphatic heterocycles. The highest BCUT2D eigenvalue weighted by molar-refractivity contribution is 7.14. The van der Waals surface area contributed by atoms with Gasteiger partial charge in [0.2, 0.25) is 0 Å². The fourth-order valence-electron chi connectivity index (χ4n) is 2.03. The van der Waals surface area contributed by atoms with Gasteiger partial charge in [-0.3, -0.25) is 4.79 Å². The van der Waals surface area contributed by atoms with E-state index >= 15 is 0 Å². The van der Waals surface area contributed by atoms with E-state index in [-0.39, 0.29) is 19.0 Å². The summed E-state index contributed by atoms with van der Waals surface area (Å²) in [5, 5.41) is 2.62. The van der Waals surface area contributed by atoms with Gasteiger partial charge in [0.25, 0.3) is 5.91 Å². The van der Waals surface area contributed by atoms with E-state index in [4.69, 9.17) is 4.74 Å². The molecule has 23 heavy (non-hydrogen) atoms. The Balaban J connectivity index is 1.79. The van der Waals surface area contributed by atoms with Crippen LogP contribution in [-0.2, 0) is 22.5 Å². The summed E-state index contributed by atoms with van der Waals surface area (Å²) >= 11 is 1.37. The Hall–Kier alpha value is -2.21. The number of carbonyl (C=O) groups is 2. The second-order valence-corrected chi connectivity index (χ2v) is 6.28. The van der Waals surface area contributed by atoms with Crippen LogP contribution in [0.4, 0.5) is 4.39 Å². The smallest absolute Gasteiger partial charge is 0.348 e. The molecule has 1 aromatic heterocycles. The van der Waals surface area contributed by atoms with Gasteiger partial charge in [0.15, 0.2) is 6.61 Å². The first-order chi connectivity index (χ1) is 11.0. The second kappa shape index (κ2) is 7.87. The van der Waals surface area contributed by atoms with E-state index in [1.165, 1.54) is 23.5 Å². The van der Waals surface area contributed by atoms with Crippen LogP contribution >= 0.6 is 11.3 Å². The maximum atomic E-state index is 12.8. The van der Waals surface area contributed by atoms with Gasteiger partial charge in [0.1, 0.15) is 10.7 Å². The molecule has 1 amide bonds. The highest BCUT2D eigenvalue weighted by atomic mass is 32.1. The van der Waals surface area contributed by atoms with Gasteiger partial charge in [-0.25, -0.2) is 9.18 Å². The molecular weight excluding hydrogens is 317 g/mol. The quantitative estimate of drug-likeness (QED) is 0.825. The molecule has 6 heteroatoms. The van der Waals surface area contributed by atoms with Crippen LogP contribution < -0.4 is 5.32 Å². The maximum Gasteiger partial charge on any atom is 0.348 e. The molecule has 0 aliphatic carbocycles. The number of benzene rings is 1. The summed E-state index contributed by atoms with van der Waals surface area (Å²) in [7, 11) is 0. The van der Waals surface area contributed by atoms with E-state index < -0.39 is 11.9 Å². The van der Waals surface area contributed by atoms with E-state index in [1.807, 2.05) is 13.8 Å². The number of rotatable bonds is 6. The van der Waals surface area contributed by atoms with Gasteiger partial charge in [0, 0.05) is 11.4 Å². The first-order valence-corrected chi connectivity index (χ1v) is 8.08. The Bertz CT molecular complexity index is 694. The fourth-order valence-corrected chi connectivity index (χ4v) is 3.04. The molecule has 1 aromatic carbocycles. The monoisotopic (exact) mass is 335 g/mol. The first kappa shape index (κ1) is 17.1. The topological polar surface area (TPSA) is 55.4 Å². The van der Waals surface area contributed by atoms with Crippen LogP contribution in [0.5, 0.6) is 0 Å². The lowest BCUT2D eigenvalue weighted by Crippen LogP contribution is -2.28. The molecule has 0 saturated carbocycles. The minimum atomic E-state index is -0.491. The summed E-state index contributed by atoms with van der Waals surface area (Å²) in [6.07, 6.45) is 0.855. The number of hydrogen-bond acceptors (Lipinski definition) is 4. The summed E-state index contributed by atoms with van der Waals surface area (Å²) in [6.45, 7) is 3.90. The Morgan fingerprint density at radius 1 is 1.26 bits per heavy atom. The van der Waals surface area contributed by atoms with Crippen LogP contribution in [0.1, 0.15) is 32.6 Å². The highest BCUT2D eigenvalue weighted by Gasteiger charge is 2.14. The highest BCUT2D eigenvalue weighted by Crippen LogP contribution is 2.22. The average molecular weight is 335 g/mol. The summed E-state index contributed by atoms with van der Waals surface area (Å²) in [6, 6.07) is 7.63. The predicted octanol–water partition coefficient (Wildman–Crippen LogP) is 3.23. The maximum absolute atomic E-state index is 12.8. The third kappa shape index (κ3) is 4.89. The van der Waals surface area contributed by atoms with Gasteiger partial charge >= 0.3 is 5.97 Å². The number of hydrogen-bond donors (Lipinski definition) is 1. The third-order valence-corrected chi connectivity index (χ3v) is 4.41. The third-order valence-electron chi connectivity index (χ3n) is 3.34. The fraction of sp³-hybridized carbons (Fsp3) is 0.294. The molecule has 2 rings (SSSR count).